The van der Waals surface area contributed by atoms with Crippen LogP contribution in [0.1, 0.15) is 49.5 Å². The quantitative estimate of drug-likeness (QED) is 0.627. The number of carbonyl (C=O) groups is 1. The standard InChI is InChI=1S/C22H26N4O3/c1-14(15-6-4-3-5-7-15)25-22-26-18-9-8-16(13-20(18)29-22)28-17-10-11-24-19(12-17)21(27)23-2/h8-15H,3-7H2,1-2H3,(H,23,27)(H,25,26)/t14-/m0/s1. The molecule has 1 aliphatic carbocycles. The Hall–Kier alpha value is -3.09. The van der Waals surface area contributed by atoms with Gasteiger partial charge in [0.2, 0.25) is 0 Å². The molecule has 3 aromatic rings. The van der Waals surface area contributed by atoms with E-state index >= 15 is 0 Å². The number of pyridine rings is 1. The van der Waals surface area contributed by atoms with Crippen LogP contribution in [0.3, 0.4) is 0 Å². The average molecular weight is 394 g/mol. The van der Waals surface area contributed by atoms with Gasteiger partial charge in [-0.15, -0.1) is 0 Å². The molecule has 0 radical (unpaired) electrons. The van der Waals surface area contributed by atoms with Crippen molar-refractivity contribution in [1.29, 1.82) is 0 Å². The molecule has 0 spiro atoms. The fraction of sp³-hybridized carbons (Fsp3) is 0.409. The van der Waals surface area contributed by atoms with Crippen molar-refractivity contribution in [2.24, 2.45) is 5.92 Å². The molecule has 0 aliphatic heterocycles. The summed E-state index contributed by atoms with van der Waals surface area (Å²) < 4.78 is 11.8. The average Bonchev–Trinajstić information content (AvgIpc) is 3.15. The van der Waals surface area contributed by atoms with Crippen molar-refractivity contribution in [3.8, 4) is 11.5 Å². The lowest BCUT2D eigenvalue weighted by Gasteiger charge is -2.27. The number of oxazole rings is 1. The summed E-state index contributed by atoms with van der Waals surface area (Å²) in [5.41, 5.74) is 1.73. The number of carbonyl (C=O) groups excluding carboxylic acids is 1. The summed E-state index contributed by atoms with van der Waals surface area (Å²) in [5, 5.41) is 5.98. The van der Waals surface area contributed by atoms with E-state index in [1.165, 1.54) is 32.1 Å². The zero-order chi connectivity index (χ0) is 20.2. The largest absolute Gasteiger partial charge is 0.457 e. The molecule has 1 amide bonds. The first kappa shape index (κ1) is 19.2. The number of nitrogens with zero attached hydrogens (tertiary/aromatic N) is 2. The zero-order valence-electron chi connectivity index (χ0n) is 16.8. The first-order valence-corrected chi connectivity index (χ1v) is 10.2. The highest BCUT2D eigenvalue weighted by Crippen LogP contribution is 2.30. The van der Waals surface area contributed by atoms with E-state index in [0.29, 0.717) is 40.8 Å². The molecule has 1 fully saturated rings. The number of aromatic nitrogens is 2. The van der Waals surface area contributed by atoms with E-state index in [1.54, 1.807) is 31.4 Å². The van der Waals surface area contributed by atoms with Crippen LogP contribution in [0, 0.1) is 5.92 Å². The molecule has 7 nitrogen and oxygen atoms in total. The Morgan fingerprint density at radius 2 is 1.97 bits per heavy atom. The van der Waals surface area contributed by atoms with E-state index in [0.717, 1.165) is 5.52 Å². The van der Waals surface area contributed by atoms with Gasteiger partial charge in [0.1, 0.15) is 22.7 Å². The summed E-state index contributed by atoms with van der Waals surface area (Å²) in [6, 6.07) is 9.68. The Bertz CT molecular complexity index is 995. The van der Waals surface area contributed by atoms with Gasteiger partial charge in [0.25, 0.3) is 11.9 Å². The van der Waals surface area contributed by atoms with Gasteiger partial charge < -0.3 is 19.8 Å². The molecule has 1 atom stereocenters. The number of fused-ring (bicyclic) bond motifs is 1. The molecule has 4 rings (SSSR count). The highest BCUT2D eigenvalue weighted by Gasteiger charge is 2.21. The summed E-state index contributed by atoms with van der Waals surface area (Å²) in [7, 11) is 1.57. The summed E-state index contributed by atoms with van der Waals surface area (Å²) in [6.45, 7) is 2.20. The molecule has 0 saturated heterocycles. The molecule has 152 valence electrons. The van der Waals surface area contributed by atoms with Crippen molar-refractivity contribution < 1.29 is 13.9 Å². The Kier molecular flexibility index (Phi) is 5.64. The van der Waals surface area contributed by atoms with Crippen LogP contribution < -0.4 is 15.4 Å². The van der Waals surface area contributed by atoms with E-state index in [9.17, 15) is 4.79 Å². The third-order valence-electron chi connectivity index (χ3n) is 5.49. The van der Waals surface area contributed by atoms with Gasteiger partial charge in [-0.2, -0.15) is 4.98 Å². The lowest BCUT2D eigenvalue weighted by molar-refractivity contribution is 0.0958. The minimum atomic E-state index is -0.260. The first-order valence-electron chi connectivity index (χ1n) is 10.2. The van der Waals surface area contributed by atoms with Crippen LogP contribution in [-0.2, 0) is 0 Å². The van der Waals surface area contributed by atoms with E-state index in [4.69, 9.17) is 9.15 Å². The van der Waals surface area contributed by atoms with Crippen molar-refractivity contribution in [2.75, 3.05) is 12.4 Å². The summed E-state index contributed by atoms with van der Waals surface area (Å²) in [5.74, 6) is 1.54. The topological polar surface area (TPSA) is 89.3 Å². The van der Waals surface area contributed by atoms with Crippen LogP contribution in [-0.4, -0.2) is 29.0 Å². The number of benzene rings is 1. The first-order chi connectivity index (χ1) is 14.1. The molecule has 29 heavy (non-hydrogen) atoms. The van der Waals surface area contributed by atoms with E-state index in [2.05, 4.69) is 27.5 Å². The maximum absolute atomic E-state index is 11.7. The Balaban J connectivity index is 1.47. The fourth-order valence-electron chi connectivity index (χ4n) is 3.84. The molecular weight excluding hydrogens is 368 g/mol. The molecule has 2 aromatic heterocycles. The zero-order valence-corrected chi connectivity index (χ0v) is 16.8. The maximum atomic E-state index is 11.7. The van der Waals surface area contributed by atoms with E-state index in [1.807, 2.05) is 12.1 Å². The number of hydrogen-bond donors (Lipinski definition) is 2. The van der Waals surface area contributed by atoms with Crippen LogP contribution >= 0.6 is 0 Å². The second-order valence-corrected chi connectivity index (χ2v) is 7.54. The van der Waals surface area contributed by atoms with Gasteiger partial charge in [0.15, 0.2) is 5.58 Å². The molecule has 7 heteroatoms. The number of hydrogen-bond acceptors (Lipinski definition) is 6. The number of amides is 1. The second-order valence-electron chi connectivity index (χ2n) is 7.54. The monoisotopic (exact) mass is 394 g/mol. The lowest BCUT2D eigenvalue weighted by Crippen LogP contribution is -2.27. The fourth-order valence-corrected chi connectivity index (χ4v) is 3.84. The molecule has 1 saturated carbocycles. The minimum Gasteiger partial charge on any atom is -0.457 e. The lowest BCUT2D eigenvalue weighted by atomic mass is 9.85. The highest BCUT2D eigenvalue weighted by molar-refractivity contribution is 5.92. The summed E-state index contributed by atoms with van der Waals surface area (Å²) >= 11 is 0. The normalized spacial score (nSPS) is 15.8. The highest BCUT2D eigenvalue weighted by atomic mass is 16.5. The minimum absolute atomic E-state index is 0.260. The number of ether oxygens (including phenoxy) is 1. The number of anilines is 1. The van der Waals surface area contributed by atoms with Gasteiger partial charge in [-0.05, 0) is 43.9 Å². The Morgan fingerprint density at radius 1 is 1.17 bits per heavy atom. The van der Waals surface area contributed by atoms with Gasteiger partial charge in [-0.25, -0.2) is 0 Å². The third kappa shape index (κ3) is 4.50. The van der Waals surface area contributed by atoms with Crippen molar-refractivity contribution in [2.45, 2.75) is 45.1 Å². The smallest absolute Gasteiger partial charge is 0.295 e. The second kappa shape index (κ2) is 8.51. The van der Waals surface area contributed by atoms with Crippen molar-refractivity contribution in [1.82, 2.24) is 15.3 Å². The molecule has 2 N–H and O–H groups in total. The van der Waals surface area contributed by atoms with Crippen LogP contribution in [0.2, 0.25) is 0 Å². The summed E-state index contributed by atoms with van der Waals surface area (Å²) in [6.07, 6.45) is 8.02. The number of rotatable bonds is 6. The van der Waals surface area contributed by atoms with Gasteiger partial charge in [0, 0.05) is 31.4 Å². The maximum Gasteiger partial charge on any atom is 0.295 e. The van der Waals surface area contributed by atoms with Gasteiger partial charge in [0.05, 0.1) is 0 Å². The van der Waals surface area contributed by atoms with Crippen molar-refractivity contribution in [3.63, 3.8) is 0 Å². The predicted octanol–water partition coefficient (Wildman–Crippen LogP) is 4.76. The molecule has 2 heterocycles. The van der Waals surface area contributed by atoms with Crippen LogP contribution in [0.4, 0.5) is 6.01 Å². The van der Waals surface area contributed by atoms with Gasteiger partial charge >= 0.3 is 0 Å². The molecule has 0 bridgehead atoms. The Morgan fingerprint density at radius 3 is 2.76 bits per heavy atom. The molecule has 1 aromatic carbocycles. The van der Waals surface area contributed by atoms with Crippen LogP contribution in [0.15, 0.2) is 40.9 Å². The Labute approximate surface area is 169 Å². The predicted molar refractivity (Wildman–Crippen MR) is 111 cm³/mol. The van der Waals surface area contributed by atoms with Crippen LogP contribution in [0.5, 0.6) is 11.5 Å². The van der Waals surface area contributed by atoms with Crippen molar-refractivity contribution in [3.05, 3.63) is 42.2 Å². The van der Waals surface area contributed by atoms with E-state index < -0.39 is 0 Å². The molecular formula is C22H26N4O3. The van der Waals surface area contributed by atoms with Gasteiger partial charge in [-0.1, -0.05) is 19.3 Å². The number of nitrogens with one attached hydrogen (secondary N) is 2. The van der Waals surface area contributed by atoms with Crippen molar-refractivity contribution >= 4 is 23.0 Å². The molecule has 1 aliphatic rings. The summed E-state index contributed by atoms with van der Waals surface area (Å²) in [4.78, 5) is 20.3. The third-order valence-corrected chi connectivity index (χ3v) is 5.49. The van der Waals surface area contributed by atoms with Crippen LogP contribution in [0.25, 0.3) is 11.1 Å². The van der Waals surface area contributed by atoms with Gasteiger partial charge in [-0.3, -0.25) is 9.78 Å². The molecule has 0 unspecified atom stereocenters. The SMILES string of the molecule is CNC(=O)c1cc(Oc2ccc3nc(N[C@@H](C)C4CCCCC4)oc3c2)ccn1. The van der Waals surface area contributed by atoms with E-state index in [-0.39, 0.29) is 5.91 Å².